The summed E-state index contributed by atoms with van der Waals surface area (Å²) in [5, 5.41) is 0. The van der Waals surface area contributed by atoms with E-state index in [1.54, 1.807) is 30.7 Å². The highest BCUT2D eigenvalue weighted by atomic mass is 16.5. The summed E-state index contributed by atoms with van der Waals surface area (Å²) in [6.45, 7) is 5.34. The minimum atomic E-state index is -0.577. The Morgan fingerprint density at radius 3 is 2.75 bits per heavy atom. The average Bonchev–Trinajstić information content (AvgIpc) is 3.50. The van der Waals surface area contributed by atoms with Crippen LogP contribution in [0.25, 0.3) is 11.1 Å². The number of pyridine rings is 2. The van der Waals surface area contributed by atoms with Gasteiger partial charge >= 0.3 is 5.97 Å². The molecule has 0 radical (unpaired) electrons. The Hall–Kier alpha value is -2.96. The molecule has 2 aromatic heterocycles. The number of nitrogens with zero attached hydrogens (tertiary/aromatic N) is 3. The summed E-state index contributed by atoms with van der Waals surface area (Å²) in [5.74, 6) is -1.35. The van der Waals surface area contributed by atoms with Gasteiger partial charge in [0.25, 0.3) is 5.56 Å². The first-order chi connectivity index (χ1) is 13.4. The van der Waals surface area contributed by atoms with Crippen molar-refractivity contribution in [3.05, 3.63) is 46.1 Å². The summed E-state index contributed by atoms with van der Waals surface area (Å²) in [4.78, 5) is 44.7. The molecule has 1 fully saturated rings. The first-order valence-corrected chi connectivity index (χ1v) is 9.62. The van der Waals surface area contributed by atoms with Gasteiger partial charge in [-0.05, 0) is 45.7 Å². The zero-order chi connectivity index (χ0) is 20.0. The van der Waals surface area contributed by atoms with Crippen LogP contribution in [0.2, 0.25) is 0 Å². The zero-order valence-corrected chi connectivity index (χ0v) is 16.3. The van der Waals surface area contributed by atoms with Crippen molar-refractivity contribution in [1.82, 2.24) is 9.55 Å². The number of fused-ring (bicyclic) bond motifs is 3. The number of rotatable bonds is 4. The molecule has 7 nitrogen and oxygen atoms in total. The molecule has 0 saturated heterocycles. The zero-order valence-electron chi connectivity index (χ0n) is 16.3. The van der Waals surface area contributed by atoms with Crippen molar-refractivity contribution in [1.29, 1.82) is 0 Å². The average molecular weight is 381 g/mol. The molecule has 1 aliphatic heterocycles. The van der Waals surface area contributed by atoms with E-state index in [0.717, 1.165) is 18.5 Å². The van der Waals surface area contributed by atoms with Gasteiger partial charge in [0.15, 0.2) is 0 Å². The predicted octanol–water partition coefficient (Wildman–Crippen LogP) is 2.57. The summed E-state index contributed by atoms with van der Waals surface area (Å²) in [5.41, 5.74) is 2.75. The van der Waals surface area contributed by atoms with Crippen LogP contribution in [0.1, 0.15) is 50.0 Å². The van der Waals surface area contributed by atoms with Crippen LogP contribution in [-0.4, -0.2) is 34.6 Å². The number of carbonyl (C=O) groups is 2. The van der Waals surface area contributed by atoms with Gasteiger partial charge in [0.05, 0.1) is 29.5 Å². The quantitative estimate of drug-likeness (QED) is 0.761. The van der Waals surface area contributed by atoms with Gasteiger partial charge in [-0.1, -0.05) is 6.07 Å². The lowest BCUT2D eigenvalue weighted by Crippen LogP contribution is -2.39. The fourth-order valence-electron chi connectivity index (χ4n) is 3.92. The molecule has 2 aromatic rings. The lowest BCUT2D eigenvalue weighted by atomic mass is 9.98. The van der Waals surface area contributed by atoms with Crippen molar-refractivity contribution >= 4 is 17.6 Å². The first kappa shape index (κ1) is 18.4. The van der Waals surface area contributed by atoms with E-state index in [9.17, 15) is 14.4 Å². The van der Waals surface area contributed by atoms with E-state index in [1.807, 2.05) is 19.1 Å². The second-order valence-corrected chi connectivity index (χ2v) is 7.34. The molecule has 2 aliphatic rings. The summed E-state index contributed by atoms with van der Waals surface area (Å²) in [7, 11) is 0. The smallest absolute Gasteiger partial charge is 0.326 e. The van der Waals surface area contributed by atoms with Crippen LogP contribution < -0.4 is 10.5 Å². The Morgan fingerprint density at radius 2 is 2.07 bits per heavy atom. The molecular weight excluding hydrogens is 358 g/mol. The van der Waals surface area contributed by atoms with Crippen molar-refractivity contribution in [3.8, 4) is 11.1 Å². The van der Waals surface area contributed by atoms with Gasteiger partial charge in [0.1, 0.15) is 6.54 Å². The van der Waals surface area contributed by atoms with Gasteiger partial charge in [0, 0.05) is 23.5 Å². The monoisotopic (exact) mass is 381 g/mol. The van der Waals surface area contributed by atoms with E-state index in [4.69, 9.17) is 4.74 Å². The molecule has 0 spiro atoms. The van der Waals surface area contributed by atoms with Crippen molar-refractivity contribution in [2.75, 3.05) is 18.1 Å². The molecule has 3 heterocycles. The van der Waals surface area contributed by atoms with Crippen molar-refractivity contribution in [2.45, 2.75) is 45.6 Å². The van der Waals surface area contributed by atoms with E-state index in [2.05, 4.69) is 4.98 Å². The number of anilines is 1. The Morgan fingerprint density at radius 1 is 1.32 bits per heavy atom. The Labute approximate surface area is 162 Å². The van der Waals surface area contributed by atoms with Crippen LogP contribution in [0.15, 0.2) is 29.2 Å². The number of aryl methyl sites for hydroxylation is 1. The van der Waals surface area contributed by atoms with E-state index in [1.165, 1.54) is 4.90 Å². The van der Waals surface area contributed by atoms with Gasteiger partial charge in [-0.15, -0.1) is 0 Å². The van der Waals surface area contributed by atoms with Gasteiger partial charge in [-0.25, -0.2) is 0 Å². The van der Waals surface area contributed by atoms with Crippen molar-refractivity contribution in [3.63, 3.8) is 0 Å². The normalized spacial score (nSPS) is 18.3. The molecule has 7 heteroatoms. The molecular formula is C21H23N3O4. The molecule has 146 valence electrons. The molecule has 1 saturated carbocycles. The molecule has 1 aliphatic carbocycles. The first-order valence-electron chi connectivity index (χ1n) is 9.62. The maximum absolute atomic E-state index is 13.5. The van der Waals surface area contributed by atoms with Crippen LogP contribution in [-0.2, 0) is 14.3 Å². The third-order valence-corrected chi connectivity index (χ3v) is 5.36. The topological polar surface area (TPSA) is 81.5 Å². The van der Waals surface area contributed by atoms with E-state index < -0.39 is 11.9 Å². The third-order valence-electron chi connectivity index (χ3n) is 5.36. The second kappa shape index (κ2) is 6.89. The number of ether oxygens (including phenoxy) is 1. The summed E-state index contributed by atoms with van der Waals surface area (Å²) < 4.78 is 6.87. The van der Waals surface area contributed by atoms with E-state index in [0.29, 0.717) is 22.5 Å². The molecule has 4 rings (SSSR count). The van der Waals surface area contributed by atoms with Gasteiger partial charge in [-0.3, -0.25) is 24.3 Å². The maximum atomic E-state index is 13.5. The van der Waals surface area contributed by atoms with Crippen molar-refractivity contribution in [2.24, 2.45) is 0 Å². The Kier molecular flexibility index (Phi) is 4.53. The van der Waals surface area contributed by atoms with Crippen molar-refractivity contribution < 1.29 is 14.3 Å². The van der Waals surface area contributed by atoms with Crippen LogP contribution in [0, 0.1) is 6.92 Å². The Bertz CT molecular complexity index is 1020. The molecule has 1 amide bonds. The molecule has 28 heavy (non-hydrogen) atoms. The largest absolute Gasteiger partial charge is 0.465 e. The molecule has 0 aromatic carbocycles. The van der Waals surface area contributed by atoms with Gasteiger partial charge in [-0.2, -0.15) is 0 Å². The van der Waals surface area contributed by atoms with Crippen LogP contribution >= 0.6 is 0 Å². The van der Waals surface area contributed by atoms with Gasteiger partial charge < -0.3 is 9.30 Å². The SMILES string of the molecule is CCOC(=O)CN1C(=O)C(C)c2ncccc2-c2c1cc(C)n(C1CC1)c2=O. The highest BCUT2D eigenvalue weighted by molar-refractivity contribution is 6.06. The minimum absolute atomic E-state index is 0.137. The van der Waals surface area contributed by atoms with E-state index in [-0.39, 0.29) is 30.7 Å². The summed E-state index contributed by atoms with van der Waals surface area (Å²) in [6, 6.07) is 5.63. The highest BCUT2D eigenvalue weighted by Gasteiger charge is 2.37. The lowest BCUT2D eigenvalue weighted by molar-refractivity contribution is -0.142. The minimum Gasteiger partial charge on any atom is -0.465 e. The number of hydrogen-bond acceptors (Lipinski definition) is 5. The molecule has 0 N–H and O–H groups in total. The van der Waals surface area contributed by atoms with Crippen LogP contribution in [0.3, 0.4) is 0 Å². The fraction of sp³-hybridized carbons (Fsp3) is 0.429. The highest BCUT2D eigenvalue weighted by Crippen LogP contribution is 2.41. The fourth-order valence-corrected chi connectivity index (χ4v) is 3.92. The molecule has 0 bridgehead atoms. The number of esters is 1. The standard InChI is InChI=1S/C21H23N3O4/c1-4-28-17(25)11-23-16-10-12(2)24(14-7-8-14)21(27)18(16)15-6-5-9-22-19(15)13(3)20(23)26/h5-6,9-10,13-14H,4,7-8,11H2,1-3H3. The predicted molar refractivity (Wildman–Crippen MR) is 104 cm³/mol. The molecule has 1 unspecified atom stereocenters. The van der Waals surface area contributed by atoms with Crippen LogP contribution in [0.4, 0.5) is 5.69 Å². The number of amides is 1. The van der Waals surface area contributed by atoms with Crippen LogP contribution in [0.5, 0.6) is 0 Å². The molecule has 1 atom stereocenters. The van der Waals surface area contributed by atoms with E-state index >= 15 is 0 Å². The number of hydrogen-bond donors (Lipinski definition) is 0. The van der Waals surface area contributed by atoms with Gasteiger partial charge in [0.2, 0.25) is 5.91 Å². The maximum Gasteiger partial charge on any atom is 0.326 e. The second-order valence-electron chi connectivity index (χ2n) is 7.34. The lowest BCUT2D eigenvalue weighted by Gasteiger charge is -2.25. The number of aromatic nitrogens is 2. The summed E-state index contributed by atoms with van der Waals surface area (Å²) in [6.07, 6.45) is 3.57. The third kappa shape index (κ3) is 2.91. The Balaban J connectivity index is 1.98. The number of carbonyl (C=O) groups excluding carboxylic acids is 2. The summed E-state index contributed by atoms with van der Waals surface area (Å²) >= 11 is 0.